The van der Waals surface area contributed by atoms with Gasteiger partial charge >= 0.3 is 6.09 Å². The van der Waals surface area contributed by atoms with Gasteiger partial charge in [0, 0.05) is 42.5 Å². The van der Waals surface area contributed by atoms with Crippen molar-refractivity contribution in [3.05, 3.63) is 118 Å². The summed E-state index contributed by atoms with van der Waals surface area (Å²) in [5.41, 5.74) is 23.7. The number of aromatic amines is 1. The molecule has 0 atom stereocenters. The van der Waals surface area contributed by atoms with E-state index in [-0.39, 0.29) is 43.3 Å². The molecular formula is C41H55ClN14O4. The molecule has 0 spiro atoms. The van der Waals surface area contributed by atoms with Crippen molar-refractivity contribution in [1.29, 1.82) is 0 Å². The summed E-state index contributed by atoms with van der Waals surface area (Å²) in [5, 5.41) is 16.9. The molecule has 0 aliphatic rings. The molecule has 3 aromatic heterocycles. The van der Waals surface area contributed by atoms with Gasteiger partial charge in [0.15, 0.2) is 5.95 Å². The zero-order chi connectivity index (χ0) is 42.9. The van der Waals surface area contributed by atoms with E-state index in [2.05, 4.69) is 51.8 Å². The van der Waals surface area contributed by atoms with Gasteiger partial charge in [-0.05, 0) is 82.4 Å². The number of halogens is 1. The van der Waals surface area contributed by atoms with Gasteiger partial charge in [0.2, 0.25) is 17.8 Å². The number of azide groups is 1. The number of benzene rings is 2. The Morgan fingerprint density at radius 2 is 1.52 bits per heavy atom. The number of anilines is 2. The predicted octanol–water partition coefficient (Wildman–Crippen LogP) is 5.40. The van der Waals surface area contributed by atoms with Crippen LogP contribution in [-0.2, 0) is 53.0 Å². The van der Waals surface area contributed by atoms with Gasteiger partial charge in [-0.25, -0.2) is 24.0 Å². The Hall–Kier alpha value is -6.83. The van der Waals surface area contributed by atoms with Crippen LogP contribution in [0, 0.1) is 12.3 Å². The van der Waals surface area contributed by atoms with Crippen LogP contribution in [-0.4, -0.2) is 77.7 Å². The third-order valence-electron chi connectivity index (χ3n) is 7.98. The fraction of sp³-hybridized carbons (Fsp3) is 0.390. The summed E-state index contributed by atoms with van der Waals surface area (Å²) in [6.07, 6.45) is 16.1. The molecule has 2 amide bonds. The molecule has 2 aromatic carbocycles. The van der Waals surface area contributed by atoms with Gasteiger partial charge in [0.05, 0.1) is 17.6 Å². The standard InChI is InChI=1S/C18H23N7O.C13H19N3O2.C10H12N4O.ClH/c19-18-21-11-15(22-18)7-4-8-16-12-25(24-23-16)13-17(26)20-10-9-14-5-2-1-3-6-14;1-5-6-7-8-10-9-16(11(14)15-10)12(17)18-13(2,3)4;11-14-13-8-10(15)12-7-6-9-4-2-1-3-5-9;/h1-3,5-6,11-12H,4,7-10,13H2,(H,20,26)(H3,19,21,22);1,9H,6-8H2,2-4H3,(H2,14,15);1-5H,6-8H2,(H,12,15);1H. The normalized spacial score (nSPS) is 10.2. The van der Waals surface area contributed by atoms with Crippen LogP contribution in [0.25, 0.3) is 10.4 Å². The zero-order valence-electron chi connectivity index (χ0n) is 34.3. The van der Waals surface area contributed by atoms with Crippen LogP contribution in [0.15, 0.2) is 84.4 Å². The second-order valence-electron chi connectivity index (χ2n) is 14.1. The fourth-order valence-corrected chi connectivity index (χ4v) is 5.22. The summed E-state index contributed by atoms with van der Waals surface area (Å²) >= 11 is 0. The Kier molecular flexibility index (Phi) is 22.2. The quantitative estimate of drug-likeness (QED) is 0.0262. The lowest BCUT2D eigenvalue weighted by Gasteiger charge is -2.19. The Morgan fingerprint density at radius 1 is 0.900 bits per heavy atom. The first-order valence-corrected chi connectivity index (χ1v) is 19.2. The Labute approximate surface area is 356 Å². The molecule has 0 aliphatic heterocycles. The Morgan fingerprint density at radius 3 is 2.08 bits per heavy atom. The number of nitrogens with one attached hydrogen (secondary N) is 3. The topological polar surface area (TPSA) is 263 Å². The minimum Gasteiger partial charge on any atom is -0.443 e. The lowest BCUT2D eigenvalue weighted by Crippen LogP contribution is -2.29. The highest BCUT2D eigenvalue weighted by Gasteiger charge is 2.20. The first kappa shape index (κ1) is 49.3. The first-order chi connectivity index (χ1) is 28.3. The van der Waals surface area contributed by atoms with E-state index in [1.54, 1.807) is 37.8 Å². The molecule has 0 radical (unpaired) electrons. The number of nitrogens with zero attached hydrogens (tertiary/aromatic N) is 9. The van der Waals surface area contributed by atoms with Crippen LogP contribution in [0.2, 0.25) is 0 Å². The molecule has 5 aromatic rings. The minimum absolute atomic E-state index is 0. The second-order valence-corrected chi connectivity index (χ2v) is 14.1. The maximum Gasteiger partial charge on any atom is 0.421 e. The summed E-state index contributed by atoms with van der Waals surface area (Å²) in [6, 6.07) is 19.9. The lowest BCUT2D eigenvalue weighted by molar-refractivity contribution is -0.122. The number of hydrogen-bond donors (Lipinski definition) is 5. The van der Waals surface area contributed by atoms with E-state index in [0.717, 1.165) is 55.6 Å². The monoisotopic (exact) mass is 842 g/mol. The molecule has 320 valence electrons. The largest absolute Gasteiger partial charge is 0.443 e. The van der Waals surface area contributed by atoms with Crippen molar-refractivity contribution in [1.82, 2.24) is 45.1 Å². The summed E-state index contributed by atoms with van der Waals surface area (Å²) in [6.45, 7) is 6.61. The summed E-state index contributed by atoms with van der Waals surface area (Å²) < 4.78 is 8.00. The number of nitrogens with two attached hydrogens (primary N) is 2. The maximum atomic E-state index is 12.0. The maximum absolute atomic E-state index is 12.0. The number of aromatic nitrogens is 7. The van der Waals surface area contributed by atoms with Gasteiger partial charge in [-0.2, -0.15) is 0 Å². The zero-order valence-corrected chi connectivity index (χ0v) is 35.1. The van der Waals surface area contributed by atoms with E-state index in [1.165, 1.54) is 15.7 Å². The average molecular weight is 843 g/mol. The lowest BCUT2D eigenvalue weighted by atomic mass is 10.1. The van der Waals surface area contributed by atoms with E-state index in [0.29, 0.717) is 31.9 Å². The number of H-pyrrole nitrogens is 1. The minimum atomic E-state index is -0.558. The van der Waals surface area contributed by atoms with Crippen molar-refractivity contribution in [2.75, 3.05) is 31.1 Å². The van der Waals surface area contributed by atoms with E-state index < -0.39 is 11.7 Å². The number of rotatable bonds is 17. The number of hydrogen-bond acceptors (Lipinski definition) is 11. The van der Waals surface area contributed by atoms with Gasteiger partial charge in [-0.15, -0.1) is 29.8 Å². The van der Waals surface area contributed by atoms with Gasteiger partial charge in [0.25, 0.3) is 0 Å². The predicted molar refractivity (Wildman–Crippen MR) is 233 cm³/mol. The SMILES string of the molecule is C#CCCCc1cn(C(=O)OC(C)(C)C)c(N)n1.Cl.Nc1ncc(CCCc2cn(CC(=O)NCCc3ccccc3)nn2)[nH]1.[N-]=[N+]=NCC(=O)NCCc1ccccc1. The second kappa shape index (κ2) is 27.0. The molecule has 0 saturated heterocycles. The number of carbonyl (C=O) groups excluding carboxylic acids is 3. The third kappa shape index (κ3) is 20.5. The van der Waals surface area contributed by atoms with Crippen LogP contribution in [0.4, 0.5) is 16.7 Å². The first-order valence-electron chi connectivity index (χ1n) is 19.2. The van der Waals surface area contributed by atoms with Gasteiger partial charge < -0.3 is 31.8 Å². The number of aryl methyl sites for hydroxylation is 3. The van der Waals surface area contributed by atoms with Crippen LogP contribution >= 0.6 is 12.4 Å². The molecule has 5 rings (SSSR count). The highest BCUT2D eigenvalue weighted by atomic mass is 35.5. The number of amides is 2. The van der Waals surface area contributed by atoms with E-state index >= 15 is 0 Å². The molecule has 18 nitrogen and oxygen atoms in total. The van der Waals surface area contributed by atoms with Crippen molar-refractivity contribution in [3.8, 4) is 12.3 Å². The van der Waals surface area contributed by atoms with Gasteiger partial charge in [-0.3, -0.25) is 9.59 Å². The smallest absolute Gasteiger partial charge is 0.421 e. The Balaban J connectivity index is 0.000000322. The molecule has 19 heteroatoms. The molecule has 0 fully saturated rings. The average Bonchev–Trinajstić information content (AvgIpc) is 3.94. The van der Waals surface area contributed by atoms with E-state index in [9.17, 15) is 14.4 Å². The van der Waals surface area contributed by atoms with Crippen LogP contribution in [0.5, 0.6) is 0 Å². The van der Waals surface area contributed by atoms with Crippen molar-refractivity contribution in [2.45, 2.75) is 84.3 Å². The van der Waals surface area contributed by atoms with Crippen molar-refractivity contribution >= 4 is 42.2 Å². The summed E-state index contributed by atoms with van der Waals surface area (Å²) in [4.78, 5) is 48.4. The molecule has 60 heavy (non-hydrogen) atoms. The van der Waals surface area contributed by atoms with E-state index in [4.69, 9.17) is 28.2 Å². The molecule has 0 bridgehead atoms. The van der Waals surface area contributed by atoms with Gasteiger partial charge in [0.1, 0.15) is 18.7 Å². The van der Waals surface area contributed by atoms with Crippen molar-refractivity contribution < 1.29 is 19.1 Å². The van der Waals surface area contributed by atoms with Crippen LogP contribution < -0.4 is 22.1 Å². The number of nitrogen functional groups attached to an aromatic ring is 2. The highest BCUT2D eigenvalue weighted by Crippen LogP contribution is 2.14. The summed E-state index contributed by atoms with van der Waals surface area (Å²) in [5.74, 6) is 2.82. The molecule has 7 N–H and O–H groups in total. The number of imidazole rings is 2. The number of terminal acetylenes is 1. The summed E-state index contributed by atoms with van der Waals surface area (Å²) in [7, 11) is 0. The van der Waals surface area contributed by atoms with Crippen molar-refractivity contribution in [2.24, 2.45) is 5.11 Å². The third-order valence-corrected chi connectivity index (χ3v) is 7.98. The van der Waals surface area contributed by atoms with Gasteiger partial charge in [-0.1, -0.05) is 71.0 Å². The van der Waals surface area contributed by atoms with Crippen LogP contribution in [0.1, 0.15) is 68.2 Å². The highest BCUT2D eigenvalue weighted by molar-refractivity contribution is 5.85. The molecule has 0 unspecified atom stereocenters. The molecule has 0 saturated carbocycles. The van der Waals surface area contributed by atoms with Crippen molar-refractivity contribution in [3.63, 3.8) is 0 Å². The fourth-order valence-electron chi connectivity index (χ4n) is 5.22. The Bertz CT molecular complexity index is 2120. The molecule has 3 heterocycles. The number of carbonyl (C=O) groups is 3. The van der Waals surface area contributed by atoms with E-state index in [1.807, 2.05) is 66.9 Å². The molecular weight excluding hydrogens is 788 g/mol. The number of ether oxygens (including phenoxy) is 1. The van der Waals surface area contributed by atoms with Crippen LogP contribution in [0.3, 0.4) is 0 Å². The number of unbranched alkanes of at least 4 members (excludes halogenated alkanes) is 1. The molecule has 0 aliphatic carbocycles.